The van der Waals surface area contributed by atoms with Gasteiger partial charge in [-0.2, -0.15) is 0 Å². The van der Waals surface area contributed by atoms with E-state index in [2.05, 4.69) is 0 Å². The number of epoxide rings is 3. The fourth-order valence-corrected chi connectivity index (χ4v) is 3.28. The molecule has 0 bridgehead atoms. The van der Waals surface area contributed by atoms with Crippen molar-refractivity contribution in [2.75, 3.05) is 0 Å². The summed E-state index contributed by atoms with van der Waals surface area (Å²) in [5.41, 5.74) is 0. The summed E-state index contributed by atoms with van der Waals surface area (Å²) in [6, 6.07) is 0. The SMILES string of the molecule is O1C2C3OC3C3C4OC4C3C12. The van der Waals surface area contributed by atoms with Crippen LogP contribution in [0.15, 0.2) is 0 Å². The summed E-state index contributed by atoms with van der Waals surface area (Å²) in [6.07, 6.45) is 3.11. The zero-order valence-corrected chi connectivity index (χ0v) is 5.84. The van der Waals surface area contributed by atoms with Gasteiger partial charge in [-0.25, -0.2) is 0 Å². The molecule has 3 nitrogen and oxygen atoms in total. The van der Waals surface area contributed by atoms with E-state index >= 15 is 0 Å². The smallest absolute Gasteiger partial charge is 0.113 e. The standard InChI is InChI=1S/C8H8O3/c9-3-1-2(4(3)9)6-8(11-6)7-5(1)10-7/h1-8H. The predicted molar refractivity (Wildman–Crippen MR) is 33.0 cm³/mol. The number of ether oxygens (including phenoxy) is 3. The molecule has 0 aromatic heterocycles. The summed E-state index contributed by atoms with van der Waals surface area (Å²) in [6.45, 7) is 0. The second-order valence-electron chi connectivity index (χ2n) is 4.35. The molecule has 3 heterocycles. The fourth-order valence-electron chi connectivity index (χ4n) is 3.28. The number of rotatable bonds is 0. The van der Waals surface area contributed by atoms with Gasteiger partial charge in [0, 0.05) is 11.8 Å². The van der Waals surface area contributed by atoms with Crippen molar-refractivity contribution in [2.45, 2.75) is 36.6 Å². The van der Waals surface area contributed by atoms with Gasteiger partial charge in [-0.05, 0) is 0 Å². The third-order valence-electron chi connectivity index (χ3n) is 3.97. The predicted octanol–water partition coefficient (Wildman–Crippen LogP) is -0.452. The molecule has 5 aliphatic rings. The fraction of sp³-hybridized carbons (Fsp3) is 1.00. The summed E-state index contributed by atoms with van der Waals surface area (Å²) in [7, 11) is 0. The van der Waals surface area contributed by atoms with Crippen molar-refractivity contribution < 1.29 is 14.2 Å². The number of hydrogen-bond acceptors (Lipinski definition) is 3. The van der Waals surface area contributed by atoms with E-state index in [9.17, 15) is 0 Å². The minimum Gasteiger partial charge on any atom is -0.369 e. The highest BCUT2D eigenvalue weighted by molar-refractivity contribution is 5.28. The second-order valence-corrected chi connectivity index (χ2v) is 4.35. The average molecular weight is 152 g/mol. The van der Waals surface area contributed by atoms with E-state index < -0.39 is 0 Å². The van der Waals surface area contributed by atoms with Crippen molar-refractivity contribution in [3.63, 3.8) is 0 Å². The first-order valence-corrected chi connectivity index (χ1v) is 4.41. The zero-order valence-electron chi connectivity index (χ0n) is 5.84. The minimum absolute atomic E-state index is 0.464. The first kappa shape index (κ1) is 4.80. The second kappa shape index (κ2) is 1.08. The normalized spacial score (nSPS) is 85.1. The zero-order chi connectivity index (χ0) is 6.74. The maximum atomic E-state index is 5.56. The van der Waals surface area contributed by atoms with Gasteiger partial charge in [0.15, 0.2) is 0 Å². The van der Waals surface area contributed by atoms with Crippen LogP contribution in [0.2, 0.25) is 0 Å². The monoisotopic (exact) mass is 152 g/mol. The van der Waals surface area contributed by atoms with E-state index in [1.54, 1.807) is 0 Å². The van der Waals surface area contributed by atoms with Crippen LogP contribution in [-0.4, -0.2) is 36.6 Å². The molecular weight excluding hydrogens is 144 g/mol. The highest BCUT2D eigenvalue weighted by atomic mass is 16.7. The molecule has 0 N–H and O–H groups in total. The highest BCUT2D eigenvalue weighted by Crippen LogP contribution is 2.67. The lowest BCUT2D eigenvalue weighted by molar-refractivity contribution is 0.145. The largest absolute Gasteiger partial charge is 0.369 e. The molecule has 0 radical (unpaired) electrons. The van der Waals surface area contributed by atoms with Crippen LogP contribution in [0.1, 0.15) is 0 Å². The van der Waals surface area contributed by atoms with Crippen molar-refractivity contribution >= 4 is 0 Å². The molecule has 0 amide bonds. The molecule has 3 aliphatic heterocycles. The Morgan fingerprint density at radius 1 is 0.455 bits per heavy atom. The Bertz CT molecular complexity index is 240. The molecule has 0 aromatic carbocycles. The van der Waals surface area contributed by atoms with Crippen LogP contribution in [-0.2, 0) is 14.2 Å². The molecule has 8 atom stereocenters. The Morgan fingerprint density at radius 2 is 0.818 bits per heavy atom. The molecule has 0 spiro atoms. The van der Waals surface area contributed by atoms with Crippen molar-refractivity contribution in [3.05, 3.63) is 0 Å². The van der Waals surface area contributed by atoms with Gasteiger partial charge < -0.3 is 14.2 Å². The topological polar surface area (TPSA) is 37.6 Å². The molecule has 5 fully saturated rings. The van der Waals surface area contributed by atoms with E-state index in [0.29, 0.717) is 48.5 Å². The third-order valence-corrected chi connectivity index (χ3v) is 3.97. The van der Waals surface area contributed by atoms with Gasteiger partial charge in [0.25, 0.3) is 0 Å². The highest BCUT2D eigenvalue weighted by Gasteiger charge is 2.82. The lowest BCUT2D eigenvalue weighted by Crippen LogP contribution is -2.47. The Hall–Kier alpha value is -0.120. The van der Waals surface area contributed by atoms with Gasteiger partial charge in [-0.15, -0.1) is 0 Å². The lowest BCUT2D eigenvalue weighted by atomic mass is 9.65. The van der Waals surface area contributed by atoms with Gasteiger partial charge in [-0.3, -0.25) is 0 Å². The minimum atomic E-state index is 0.464. The molecule has 8 unspecified atom stereocenters. The summed E-state index contributed by atoms with van der Waals surface area (Å²) in [5, 5.41) is 0. The van der Waals surface area contributed by atoms with E-state index in [4.69, 9.17) is 14.2 Å². The van der Waals surface area contributed by atoms with Crippen LogP contribution in [0, 0.1) is 11.8 Å². The quantitative estimate of drug-likeness (QED) is 0.348. The van der Waals surface area contributed by atoms with Gasteiger partial charge in [0.2, 0.25) is 0 Å². The van der Waals surface area contributed by atoms with Crippen LogP contribution in [0.25, 0.3) is 0 Å². The van der Waals surface area contributed by atoms with Gasteiger partial charge in [0.05, 0.1) is 24.4 Å². The van der Waals surface area contributed by atoms with Crippen molar-refractivity contribution in [1.29, 1.82) is 0 Å². The van der Waals surface area contributed by atoms with Crippen LogP contribution >= 0.6 is 0 Å². The molecule has 5 rings (SSSR count). The van der Waals surface area contributed by atoms with E-state index in [1.807, 2.05) is 0 Å². The van der Waals surface area contributed by atoms with Gasteiger partial charge in [-0.1, -0.05) is 0 Å². The van der Waals surface area contributed by atoms with Crippen molar-refractivity contribution in [2.24, 2.45) is 11.8 Å². The molecule has 11 heavy (non-hydrogen) atoms. The average Bonchev–Trinajstić information content (AvgIpc) is 2.78. The lowest BCUT2D eigenvalue weighted by Gasteiger charge is -2.31. The first-order valence-electron chi connectivity index (χ1n) is 4.41. The van der Waals surface area contributed by atoms with Crippen LogP contribution < -0.4 is 0 Å². The maximum Gasteiger partial charge on any atom is 0.113 e. The Kier molecular flexibility index (Phi) is 0.470. The van der Waals surface area contributed by atoms with E-state index in [-0.39, 0.29) is 0 Å². The number of hydrogen-bond donors (Lipinski definition) is 0. The molecule has 2 saturated carbocycles. The summed E-state index contributed by atoms with van der Waals surface area (Å²) in [4.78, 5) is 0. The Morgan fingerprint density at radius 3 is 1.36 bits per heavy atom. The first-order chi connectivity index (χ1) is 5.45. The Labute approximate surface area is 63.6 Å². The third kappa shape index (κ3) is 0.350. The molecular formula is C8H8O3. The molecule has 3 heteroatoms. The maximum absolute atomic E-state index is 5.56. The molecule has 3 saturated heterocycles. The van der Waals surface area contributed by atoms with Crippen molar-refractivity contribution in [1.82, 2.24) is 0 Å². The van der Waals surface area contributed by atoms with Gasteiger partial charge >= 0.3 is 0 Å². The summed E-state index contributed by atoms with van der Waals surface area (Å²) in [5.74, 6) is 1.43. The Balaban J connectivity index is 1.67. The molecule has 0 aromatic rings. The summed E-state index contributed by atoms with van der Waals surface area (Å²) >= 11 is 0. The summed E-state index contributed by atoms with van der Waals surface area (Å²) < 4.78 is 16.6. The number of fused-ring (bicyclic) bond motifs is 9. The van der Waals surface area contributed by atoms with Gasteiger partial charge in [0.1, 0.15) is 12.2 Å². The van der Waals surface area contributed by atoms with Crippen LogP contribution in [0.5, 0.6) is 0 Å². The van der Waals surface area contributed by atoms with E-state index in [1.165, 1.54) is 0 Å². The van der Waals surface area contributed by atoms with Crippen LogP contribution in [0.3, 0.4) is 0 Å². The molecule has 2 aliphatic carbocycles. The van der Waals surface area contributed by atoms with E-state index in [0.717, 1.165) is 0 Å². The van der Waals surface area contributed by atoms with Crippen molar-refractivity contribution in [3.8, 4) is 0 Å². The van der Waals surface area contributed by atoms with Crippen LogP contribution in [0.4, 0.5) is 0 Å². The molecule has 58 valence electrons.